The van der Waals surface area contributed by atoms with Crippen LogP contribution in [0, 0.1) is 0 Å². The summed E-state index contributed by atoms with van der Waals surface area (Å²) in [5.41, 5.74) is 0.481. The van der Waals surface area contributed by atoms with Gasteiger partial charge in [-0.15, -0.1) is 0 Å². The molecule has 2 rings (SSSR count). The Labute approximate surface area is 88.7 Å². The summed E-state index contributed by atoms with van der Waals surface area (Å²) in [7, 11) is 1.67. The van der Waals surface area contributed by atoms with Crippen molar-refractivity contribution in [3.63, 3.8) is 0 Å². The quantitative estimate of drug-likeness (QED) is 0.696. The molecule has 2 heterocycles. The highest BCUT2D eigenvalue weighted by molar-refractivity contribution is 6.67. The number of carbonyl (C=O) groups is 1. The van der Waals surface area contributed by atoms with Crippen molar-refractivity contribution in [3.05, 3.63) is 17.2 Å². The summed E-state index contributed by atoms with van der Waals surface area (Å²) in [6.07, 6.45) is 1.42. The Morgan fingerprint density at radius 3 is 2.93 bits per heavy atom. The molecule has 0 fully saturated rings. The van der Waals surface area contributed by atoms with Gasteiger partial charge in [-0.25, -0.2) is 14.6 Å². The van der Waals surface area contributed by atoms with Crippen molar-refractivity contribution in [2.75, 3.05) is 0 Å². The Balaban J connectivity index is 2.77. The number of rotatable bonds is 1. The van der Waals surface area contributed by atoms with Gasteiger partial charge in [0.2, 0.25) is 5.82 Å². The van der Waals surface area contributed by atoms with Gasteiger partial charge in [0, 0.05) is 13.2 Å². The van der Waals surface area contributed by atoms with Gasteiger partial charge < -0.3 is 0 Å². The van der Waals surface area contributed by atoms with Gasteiger partial charge in [0.25, 0.3) is 5.24 Å². The number of nitrogens with zero attached hydrogens (tertiary/aromatic N) is 4. The van der Waals surface area contributed by atoms with Crippen LogP contribution in [0.15, 0.2) is 6.20 Å². The van der Waals surface area contributed by atoms with Gasteiger partial charge in [-0.3, -0.25) is 4.79 Å². The number of fused-ring (bicyclic) bond motifs is 1. The summed E-state index contributed by atoms with van der Waals surface area (Å²) in [6.45, 7) is 0. The lowest BCUT2D eigenvalue weighted by Gasteiger charge is -1.94. The minimum absolute atomic E-state index is 0.0566. The van der Waals surface area contributed by atoms with Crippen LogP contribution in [0.3, 0.4) is 0 Å². The Hall–Kier alpha value is -1.20. The largest absolute Gasteiger partial charge is 0.289 e. The van der Waals surface area contributed by atoms with E-state index in [1.807, 2.05) is 0 Å². The number of aromatic nitrogens is 4. The van der Waals surface area contributed by atoms with Crippen molar-refractivity contribution in [2.45, 2.75) is 0 Å². The monoisotopic (exact) mass is 230 g/mol. The van der Waals surface area contributed by atoms with Gasteiger partial charge in [-0.05, 0) is 11.6 Å². The molecular formula is C7H4Cl2N4O. The Morgan fingerprint density at radius 2 is 2.29 bits per heavy atom. The van der Waals surface area contributed by atoms with Gasteiger partial charge in [0.15, 0.2) is 10.8 Å². The third-order valence-corrected chi connectivity index (χ3v) is 2.16. The van der Waals surface area contributed by atoms with E-state index < -0.39 is 5.24 Å². The zero-order valence-electron chi connectivity index (χ0n) is 7.03. The molecule has 0 amide bonds. The summed E-state index contributed by atoms with van der Waals surface area (Å²) in [5.74, 6) is -0.0566. The number of hydrogen-bond donors (Lipinski definition) is 0. The molecule has 7 heteroatoms. The van der Waals surface area contributed by atoms with E-state index >= 15 is 0 Å². The Kier molecular flexibility index (Phi) is 2.13. The van der Waals surface area contributed by atoms with Crippen LogP contribution in [-0.2, 0) is 7.05 Å². The van der Waals surface area contributed by atoms with Crippen molar-refractivity contribution in [2.24, 2.45) is 7.05 Å². The summed E-state index contributed by atoms with van der Waals surface area (Å²) in [5, 5.41) is 4.11. The first-order chi connectivity index (χ1) is 6.59. The van der Waals surface area contributed by atoms with Gasteiger partial charge in [-0.2, -0.15) is 5.10 Å². The zero-order valence-corrected chi connectivity index (χ0v) is 8.54. The average molecular weight is 231 g/mol. The van der Waals surface area contributed by atoms with E-state index in [4.69, 9.17) is 23.2 Å². The molecule has 5 nitrogen and oxygen atoms in total. The fourth-order valence-electron chi connectivity index (χ4n) is 1.09. The third kappa shape index (κ3) is 1.34. The highest BCUT2D eigenvalue weighted by Crippen LogP contribution is 2.19. The summed E-state index contributed by atoms with van der Waals surface area (Å²) in [6, 6.07) is 0. The molecular weight excluding hydrogens is 227 g/mol. The maximum atomic E-state index is 10.8. The van der Waals surface area contributed by atoms with Crippen LogP contribution in [0.4, 0.5) is 0 Å². The van der Waals surface area contributed by atoms with Crippen molar-refractivity contribution in [1.29, 1.82) is 0 Å². The van der Waals surface area contributed by atoms with Crippen molar-refractivity contribution < 1.29 is 4.79 Å². The molecule has 0 aliphatic rings. The zero-order chi connectivity index (χ0) is 10.3. The predicted molar refractivity (Wildman–Crippen MR) is 51.5 cm³/mol. The lowest BCUT2D eigenvalue weighted by atomic mass is 10.4. The molecule has 2 aromatic heterocycles. The van der Waals surface area contributed by atoms with E-state index in [1.54, 1.807) is 7.05 Å². The third-order valence-electron chi connectivity index (χ3n) is 1.71. The molecule has 0 aliphatic carbocycles. The molecule has 0 atom stereocenters. The highest BCUT2D eigenvalue weighted by Gasteiger charge is 2.12. The lowest BCUT2D eigenvalue weighted by molar-refractivity contribution is 0.107. The molecule has 0 aromatic carbocycles. The Morgan fingerprint density at radius 1 is 1.57 bits per heavy atom. The first kappa shape index (κ1) is 9.36. The SMILES string of the molecule is Cn1nc(Cl)c2cnc(C(=O)Cl)nc21. The van der Waals surface area contributed by atoms with E-state index in [0.717, 1.165) is 0 Å². The molecule has 0 aliphatic heterocycles. The second kappa shape index (κ2) is 3.18. The van der Waals surface area contributed by atoms with Crippen LogP contribution < -0.4 is 0 Å². The van der Waals surface area contributed by atoms with E-state index in [0.29, 0.717) is 16.2 Å². The number of halogens is 2. The van der Waals surface area contributed by atoms with Crippen molar-refractivity contribution in [3.8, 4) is 0 Å². The number of hydrogen-bond acceptors (Lipinski definition) is 4. The first-order valence-corrected chi connectivity index (χ1v) is 4.40. The molecule has 72 valence electrons. The fraction of sp³-hybridized carbons (Fsp3) is 0.143. The Bertz CT molecular complexity index is 522. The molecule has 0 saturated heterocycles. The highest BCUT2D eigenvalue weighted by atomic mass is 35.5. The maximum absolute atomic E-state index is 10.8. The summed E-state index contributed by atoms with van der Waals surface area (Å²) < 4.78 is 1.46. The standard InChI is InChI=1S/C7H4Cl2N4O/c1-13-7-3(4(8)12-13)2-10-6(11-7)5(9)14/h2H,1H3. The second-order valence-electron chi connectivity index (χ2n) is 2.62. The minimum Gasteiger partial charge on any atom is -0.272 e. The van der Waals surface area contributed by atoms with Gasteiger partial charge in [0.05, 0.1) is 5.39 Å². The van der Waals surface area contributed by atoms with Gasteiger partial charge in [0.1, 0.15) is 0 Å². The summed E-state index contributed by atoms with van der Waals surface area (Å²) in [4.78, 5) is 18.5. The predicted octanol–water partition coefficient (Wildman–Crippen LogP) is 1.40. The molecule has 14 heavy (non-hydrogen) atoms. The van der Waals surface area contributed by atoms with Crippen molar-refractivity contribution >= 4 is 39.5 Å². The minimum atomic E-state index is -0.704. The van der Waals surface area contributed by atoms with Gasteiger partial charge in [-0.1, -0.05) is 11.6 Å². The molecule has 0 saturated carbocycles. The topological polar surface area (TPSA) is 60.7 Å². The maximum Gasteiger partial charge on any atom is 0.289 e. The number of aryl methyl sites for hydroxylation is 1. The lowest BCUT2D eigenvalue weighted by Crippen LogP contribution is -2.00. The van der Waals surface area contributed by atoms with E-state index in [9.17, 15) is 4.79 Å². The first-order valence-electron chi connectivity index (χ1n) is 3.64. The van der Waals surface area contributed by atoms with Crippen LogP contribution in [0.2, 0.25) is 5.15 Å². The normalized spacial score (nSPS) is 10.8. The molecule has 0 spiro atoms. The molecule has 0 unspecified atom stereocenters. The smallest absolute Gasteiger partial charge is 0.272 e. The van der Waals surface area contributed by atoms with E-state index in [2.05, 4.69) is 15.1 Å². The summed E-state index contributed by atoms with van der Waals surface area (Å²) >= 11 is 11.0. The van der Waals surface area contributed by atoms with Crippen molar-refractivity contribution in [1.82, 2.24) is 19.7 Å². The molecule has 0 radical (unpaired) electrons. The van der Waals surface area contributed by atoms with E-state index in [1.165, 1.54) is 10.9 Å². The van der Waals surface area contributed by atoms with Gasteiger partial charge >= 0.3 is 0 Å². The van der Waals surface area contributed by atoms with Crippen LogP contribution in [-0.4, -0.2) is 25.0 Å². The van der Waals surface area contributed by atoms with E-state index in [-0.39, 0.29) is 5.82 Å². The average Bonchev–Trinajstić information content (AvgIpc) is 2.42. The van der Waals surface area contributed by atoms with Crippen LogP contribution in [0.1, 0.15) is 10.6 Å². The van der Waals surface area contributed by atoms with Crippen LogP contribution in [0.5, 0.6) is 0 Å². The molecule has 0 N–H and O–H groups in total. The number of carbonyl (C=O) groups excluding carboxylic acids is 1. The van der Waals surface area contributed by atoms with Crippen LogP contribution in [0.25, 0.3) is 11.0 Å². The molecule has 0 bridgehead atoms. The fourth-order valence-corrected chi connectivity index (χ4v) is 1.43. The second-order valence-corrected chi connectivity index (χ2v) is 3.32. The molecule has 2 aromatic rings. The van der Waals surface area contributed by atoms with Crippen LogP contribution >= 0.6 is 23.2 Å².